The zero-order valence-electron chi connectivity index (χ0n) is 14.7. The van der Waals surface area contributed by atoms with Gasteiger partial charge in [0.25, 0.3) is 0 Å². The number of hydrogen-bond acceptors (Lipinski definition) is 4. The number of rotatable bonds is 8. The first-order valence-corrected chi connectivity index (χ1v) is 8.61. The minimum absolute atomic E-state index is 0. The van der Waals surface area contributed by atoms with E-state index >= 15 is 0 Å². The van der Waals surface area contributed by atoms with Crippen molar-refractivity contribution in [3.8, 4) is 5.75 Å². The number of piperidine rings is 1. The van der Waals surface area contributed by atoms with Crippen molar-refractivity contribution >= 4 is 24.2 Å². The molecule has 1 fully saturated rings. The van der Waals surface area contributed by atoms with Crippen molar-refractivity contribution in [2.24, 2.45) is 11.7 Å². The van der Waals surface area contributed by atoms with Crippen molar-refractivity contribution < 1.29 is 14.3 Å². The summed E-state index contributed by atoms with van der Waals surface area (Å²) in [7, 11) is 0. The van der Waals surface area contributed by atoms with Crippen LogP contribution in [0.2, 0.25) is 0 Å². The molecule has 2 rings (SSSR count). The van der Waals surface area contributed by atoms with E-state index in [1.807, 2.05) is 4.90 Å². The number of hydrogen-bond donors (Lipinski definition) is 2. The Hall–Kier alpha value is -1.79. The monoisotopic (exact) mass is 369 g/mol. The highest BCUT2D eigenvalue weighted by atomic mass is 35.5. The molecule has 6 nitrogen and oxygen atoms in total. The maximum atomic E-state index is 12.2. The molecule has 25 heavy (non-hydrogen) atoms. The van der Waals surface area contributed by atoms with Gasteiger partial charge in [0.05, 0.1) is 13.0 Å². The zero-order valence-corrected chi connectivity index (χ0v) is 15.5. The fourth-order valence-corrected chi connectivity index (χ4v) is 2.86. The van der Waals surface area contributed by atoms with Gasteiger partial charge in [-0.05, 0) is 56.1 Å². The van der Waals surface area contributed by atoms with Crippen molar-refractivity contribution in [1.82, 2.24) is 10.2 Å². The molecule has 140 valence electrons. The van der Waals surface area contributed by atoms with Gasteiger partial charge in [0.15, 0.2) is 0 Å². The summed E-state index contributed by atoms with van der Waals surface area (Å²) >= 11 is 0. The summed E-state index contributed by atoms with van der Waals surface area (Å²) in [6.45, 7) is 6.16. The smallest absolute Gasteiger partial charge is 0.248 e. The van der Waals surface area contributed by atoms with E-state index in [1.165, 1.54) is 0 Å². The van der Waals surface area contributed by atoms with Crippen LogP contribution in [-0.4, -0.2) is 49.5 Å². The topological polar surface area (TPSA) is 84.7 Å². The van der Waals surface area contributed by atoms with Crippen LogP contribution in [0, 0.1) is 5.92 Å². The molecule has 1 aliphatic rings. The maximum Gasteiger partial charge on any atom is 0.248 e. The average molecular weight is 370 g/mol. The van der Waals surface area contributed by atoms with Crippen molar-refractivity contribution in [1.29, 1.82) is 0 Å². The number of carbonyl (C=O) groups excluding carboxylic acids is 2. The van der Waals surface area contributed by atoms with E-state index in [0.29, 0.717) is 30.3 Å². The van der Waals surface area contributed by atoms with E-state index < -0.39 is 5.91 Å². The van der Waals surface area contributed by atoms with E-state index in [2.05, 4.69) is 12.2 Å². The summed E-state index contributed by atoms with van der Waals surface area (Å²) in [5.41, 5.74) is 5.63. The molecule has 2 amide bonds. The molecular weight excluding hydrogens is 342 g/mol. The van der Waals surface area contributed by atoms with Gasteiger partial charge in [0.2, 0.25) is 11.8 Å². The molecule has 0 saturated carbocycles. The molecule has 0 spiro atoms. The summed E-state index contributed by atoms with van der Waals surface area (Å²) < 4.78 is 5.57. The number of ether oxygens (including phenoxy) is 1. The highest BCUT2D eigenvalue weighted by molar-refractivity contribution is 5.92. The number of primary amides is 1. The first-order valence-electron chi connectivity index (χ1n) is 8.61. The predicted octanol–water partition coefficient (Wildman–Crippen LogP) is 1.82. The van der Waals surface area contributed by atoms with Gasteiger partial charge in [-0.3, -0.25) is 9.59 Å². The molecular formula is C18H28ClN3O3. The van der Waals surface area contributed by atoms with E-state index in [1.54, 1.807) is 24.3 Å². The molecule has 0 aliphatic carbocycles. The number of halogens is 1. The standard InChI is InChI=1S/C18H27N3O3.ClH/c1-2-20-13-14-7-10-21(11-8-14)17(22)9-12-24-16-5-3-15(4-6-16)18(19)23;/h3-6,14,20H,2,7-13H2,1H3,(H2,19,23);1H. The lowest BCUT2D eigenvalue weighted by molar-refractivity contribution is -0.133. The molecule has 0 bridgehead atoms. The lowest BCUT2D eigenvalue weighted by Gasteiger charge is -2.32. The number of carbonyl (C=O) groups is 2. The summed E-state index contributed by atoms with van der Waals surface area (Å²) in [4.78, 5) is 25.2. The van der Waals surface area contributed by atoms with Crippen LogP contribution in [0.5, 0.6) is 5.75 Å². The Morgan fingerprint density at radius 3 is 2.44 bits per heavy atom. The van der Waals surface area contributed by atoms with Crippen molar-refractivity contribution in [3.63, 3.8) is 0 Å². The molecule has 1 heterocycles. The lowest BCUT2D eigenvalue weighted by Crippen LogP contribution is -2.41. The minimum Gasteiger partial charge on any atom is -0.493 e. The van der Waals surface area contributed by atoms with Crippen molar-refractivity contribution in [2.45, 2.75) is 26.2 Å². The second kappa shape index (κ2) is 10.9. The van der Waals surface area contributed by atoms with Crippen molar-refractivity contribution in [3.05, 3.63) is 29.8 Å². The van der Waals surface area contributed by atoms with Gasteiger partial charge in [-0.1, -0.05) is 6.92 Å². The number of amides is 2. The third-order valence-electron chi connectivity index (χ3n) is 4.37. The molecule has 1 aromatic carbocycles. The van der Waals surface area contributed by atoms with Crippen LogP contribution in [0.25, 0.3) is 0 Å². The highest BCUT2D eigenvalue weighted by Crippen LogP contribution is 2.17. The first kappa shape index (κ1) is 21.3. The fourth-order valence-electron chi connectivity index (χ4n) is 2.86. The lowest BCUT2D eigenvalue weighted by atomic mass is 9.96. The Morgan fingerprint density at radius 1 is 1.24 bits per heavy atom. The van der Waals surface area contributed by atoms with Crippen LogP contribution < -0.4 is 15.8 Å². The van der Waals surface area contributed by atoms with Crippen LogP contribution in [0.3, 0.4) is 0 Å². The van der Waals surface area contributed by atoms with E-state index in [9.17, 15) is 9.59 Å². The fraction of sp³-hybridized carbons (Fsp3) is 0.556. The number of nitrogens with one attached hydrogen (secondary N) is 1. The molecule has 1 aromatic rings. The summed E-state index contributed by atoms with van der Waals surface area (Å²) in [6, 6.07) is 6.62. The molecule has 1 aliphatic heterocycles. The van der Waals surface area contributed by atoms with Gasteiger partial charge < -0.3 is 20.7 Å². The van der Waals surface area contributed by atoms with E-state index in [-0.39, 0.29) is 18.3 Å². The zero-order chi connectivity index (χ0) is 17.4. The molecule has 0 atom stereocenters. The van der Waals surface area contributed by atoms with Crippen molar-refractivity contribution in [2.75, 3.05) is 32.8 Å². The highest BCUT2D eigenvalue weighted by Gasteiger charge is 2.22. The van der Waals surface area contributed by atoms with E-state index in [4.69, 9.17) is 10.5 Å². The minimum atomic E-state index is -0.464. The Kier molecular flexibility index (Phi) is 9.31. The summed E-state index contributed by atoms with van der Waals surface area (Å²) in [6.07, 6.45) is 2.50. The average Bonchev–Trinajstić information content (AvgIpc) is 2.60. The van der Waals surface area contributed by atoms with Gasteiger partial charge in [0, 0.05) is 18.7 Å². The third-order valence-corrected chi connectivity index (χ3v) is 4.37. The van der Waals surface area contributed by atoms with Crippen LogP contribution >= 0.6 is 12.4 Å². The van der Waals surface area contributed by atoms with Gasteiger partial charge in [-0.2, -0.15) is 0 Å². The Balaban J connectivity index is 0.00000312. The number of likely N-dealkylation sites (tertiary alicyclic amines) is 1. The summed E-state index contributed by atoms with van der Waals surface area (Å²) in [5.74, 6) is 0.992. The number of nitrogens with two attached hydrogens (primary N) is 1. The Labute approximate surface area is 155 Å². The maximum absolute atomic E-state index is 12.2. The van der Waals surface area contributed by atoms with Gasteiger partial charge >= 0.3 is 0 Å². The van der Waals surface area contributed by atoms with Gasteiger partial charge in [-0.25, -0.2) is 0 Å². The van der Waals surface area contributed by atoms with Crippen LogP contribution in [-0.2, 0) is 4.79 Å². The Morgan fingerprint density at radius 2 is 1.88 bits per heavy atom. The predicted molar refractivity (Wildman–Crippen MR) is 100 cm³/mol. The second-order valence-electron chi connectivity index (χ2n) is 6.12. The number of benzene rings is 1. The molecule has 7 heteroatoms. The van der Waals surface area contributed by atoms with Gasteiger partial charge in [0.1, 0.15) is 5.75 Å². The first-order chi connectivity index (χ1) is 11.6. The van der Waals surface area contributed by atoms with E-state index in [0.717, 1.165) is 39.0 Å². The Bertz CT molecular complexity index is 543. The largest absolute Gasteiger partial charge is 0.493 e. The molecule has 3 N–H and O–H groups in total. The molecule has 0 aromatic heterocycles. The van der Waals surface area contributed by atoms with Crippen LogP contribution in [0.1, 0.15) is 36.5 Å². The molecule has 0 radical (unpaired) electrons. The second-order valence-corrected chi connectivity index (χ2v) is 6.12. The normalized spacial score (nSPS) is 14.7. The van der Waals surface area contributed by atoms with Gasteiger partial charge in [-0.15, -0.1) is 12.4 Å². The molecule has 1 saturated heterocycles. The third kappa shape index (κ3) is 6.92. The quantitative estimate of drug-likeness (QED) is 0.732. The molecule has 0 unspecified atom stereocenters. The SMILES string of the molecule is CCNCC1CCN(C(=O)CCOc2ccc(C(N)=O)cc2)CC1.Cl. The van der Waals surface area contributed by atoms with Crippen LogP contribution in [0.15, 0.2) is 24.3 Å². The van der Waals surface area contributed by atoms with Crippen LogP contribution in [0.4, 0.5) is 0 Å². The number of nitrogens with zero attached hydrogens (tertiary/aromatic N) is 1. The summed E-state index contributed by atoms with van der Waals surface area (Å²) in [5, 5.41) is 3.37.